The van der Waals surface area contributed by atoms with Crippen molar-refractivity contribution >= 4 is 17.7 Å². The summed E-state index contributed by atoms with van der Waals surface area (Å²) < 4.78 is 5.17. The van der Waals surface area contributed by atoms with E-state index in [2.05, 4.69) is 5.32 Å². The van der Waals surface area contributed by atoms with Crippen LogP contribution in [0.15, 0.2) is 48.5 Å². The molecule has 1 atom stereocenters. The van der Waals surface area contributed by atoms with Crippen LogP contribution in [0, 0.1) is 0 Å². The predicted octanol–water partition coefficient (Wildman–Crippen LogP) is 3.43. The summed E-state index contributed by atoms with van der Waals surface area (Å²) in [5.41, 5.74) is 4.32. The molecule has 0 radical (unpaired) electrons. The average molecular weight is 393 g/mol. The van der Waals surface area contributed by atoms with E-state index in [1.165, 1.54) is 18.1 Å². The number of esters is 1. The predicted molar refractivity (Wildman–Crippen MR) is 111 cm³/mol. The maximum Gasteiger partial charge on any atom is 0.307 e. The minimum Gasteiger partial charge on any atom is -0.453 e. The molecule has 2 aromatic rings. The van der Waals surface area contributed by atoms with Crippen LogP contribution >= 0.6 is 0 Å². The van der Waals surface area contributed by atoms with Crippen LogP contribution in [0.4, 0.5) is 0 Å². The highest BCUT2D eigenvalue weighted by atomic mass is 16.5. The first-order valence-electron chi connectivity index (χ1n) is 10.2. The second-order valence-electron chi connectivity index (χ2n) is 7.42. The van der Waals surface area contributed by atoms with Crippen molar-refractivity contribution in [2.24, 2.45) is 0 Å². The maximum absolute atomic E-state index is 12.4. The van der Waals surface area contributed by atoms with Crippen LogP contribution in [-0.4, -0.2) is 30.3 Å². The van der Waals surface area contributed by atoms with Crippen LogP contribution in [0.3, 0.4) is 0 Å². The third-order valence-electron chi connectivity index (χ3n) is 5.21. The Kier molecular flexibility index (Phi) is 7.17. The molecular weight excluding hydrogens is 366 g/mol. The maximum atomic E-state index is 12.4. The number of amides is 1. The van der Waals surface area contributed by atoms with Crippen molar-refractivity contribution in [2.45, 2.75) is 51.6 Å². The summed E-state index contributed by atoms with van der Waals surface area (Å²) >= 11 is 0. The van der Waals surface area contributed by atoms with E-state index in [4.69, 9.17) is 4.74 Å². The summed E-state index contributed by atoms with van der Waals surface area (Å²) in [5, 5.41) is 2.77. The molecule has 0 aliphatic heterocycles. The quantitative estimate of drug-likeness (QED) is 0.523. The van der Waals surface area contributed by atoms with Gasteiger partial charge in [0.1, 0.15) is 0 Å². The highest BCUT2D eigenvalue weighted by Gasteiger charge is 2.19. The minimum atomic E-state index is -0.881. The molecule has 0 spiro atoms. The Bertz CT molecular complexity index is 876. The minimum absolute atomic E-state index is 0.0302. The van der Waals surface area contributed by atoms with E-state index in [0.717, 1.165) is 24.8 Å². The zero-order valence-electron chi connectivity index (χ0n) is 16.8. The summed E-state index contributed by atoms with van der Waals surface area (Å²) in [4.78, 5) is 36.5. The number of ether oxygens (including phenoxy) is 1. The van der Waals surface area contributed by atoms with Crippen LogP contribution in [0.1, 0.15) is 53.2 Å². The van der Waals surface area contributed by atoms with Gasteiger partial charge >= 0.3 is 5.97 Å². The number of fused-ring (bicyclic) bond motifs is 1. The molecule has 0 fully saturated rings. The zero-order valence-corrected chi connectivity index (χ0v) is 16.8. The fourth-order valence-corrected chi connectivity index (χ4v) is 3.53. The van der Waals surface area contributed by atoms with Crippen molar-refractivity contribution in [2.75, 3.05) is 6.54 Å². The summed E-state index contributed by atoms with van der Waals surface area (Å²) in [6, 6.07) is 15.6. The second kappa shape index (κ2) is 10.0. The lowest BCUT2D eigenvalue weighted by molar-refractivity contribution is -0.154. The highest BCUT2D eigenvalue weighted by molar-refractivity contribution is 5.98. The van der Waals surface area contributed by atoms with Crippen molar-refractivity contribution in [3.8, 4) is 0 Å². The van der Waals surface area contributed by atoms with E-state index in [-0.39, 0.29) is 24.5 Å². The molecule has 5 heteroatoms. The molecule has 0 unspecified atom stereocenters. The molecule has 5 nitrogen and oxygen atoms in total. The third-order valence-corrected chi connectivity index (χ3v) is 5.21. The number of ketones is 1. The van der Waals surface area contributed by atoms with Gasteiger partial charge in [-0.3, -0.25) is 14.4 Å². The number of rotatable bonds is 9. The fraction of sp³-hybridized carbons (Fsp3) is 0.375. The Morgan fingerprint density at radius 1 is 1.00 bits per heavy atom. The van der Waals surface area contributed by atoms with Crippen LogP contribution in [0.2, 0.25) is 0 Å². The van der Waals surface area contributed by atoms with Gasteiger partial charge in [0.15, 0.2) is 11.9 Å². The normalized spacial score (nSPS) is 13.4. The topological polar surface area (TPSA) is 72.5 Å². The van der Waals surface area contributed by atoms with Crippen molar-refractivity contribution in [1.82, 2.24) is 5.32 Å². The number of Topliss-reactive ketones (excluding diaryl/α,β-unsaturated/α-hetero) is 1. The molecule has 0 aromatic heterocycles. The van der Waals surface area contributed by atoms with Gasteiger partial charge in [-0.15, -0.1) is 0 Å². The molecule has 29 heavy (non-hydrogen) atoms. The van der Waals surface area contributed by atoms with Crippen LogP contribution in [-0.2, 0) is 33.6 Å². The first kappa shape index (κ1) is 20.8. The SMILES string of the molecule is C[C@H](OC(=O)CCC(=O)c1ccc2c(c1)CCC2)C(=O)NCCc1ccccc1. The molecule has 152 valence electrons. The molecule has 1 aliphatic rings. The van der Waals surface area contributed by atoms with Crippen molar-refractivity contribution < 1.29 is 19.1 Å². The smallest absolute Gasteiger partial charge is 0.307 e. The lowest BCUT2D eigenvalue weighted by atomic mass is 10.0. The average Bonchev–Trinajstić information content (AvgIpc) is 3.20. The van der Waals surface area contributed by atoms with E-state index in [9.17, 15) is 14.4 Å². The number of hydrogen-bond donors (Lipinski definition) is 1. The third kappa shape index (κ3) is 6.01. The Labute approximate surface area is 171 Å². The van der Waals surface area contributed by atoms with Crippen LogP contribution in [0.25, 0.3) is 0 Å². The van der Waals surface area contributed by atoms with E-state index in [1.807, 2.05) is 48.5 Å². The lowest BCUT2D eigenvalue weighted by Crippen LogP contribution is -2.36. The summed E-state index contributed by atoms with van der Waals surface area (Å²) in [5.74, 6) is -0.943. The van der Waals surface area contributed by atoms with Gasteiger partial charge in [0.05, 0.1) is 6.42 Å². The first-order chi connectivity index (χ1) is 14.0. The molecule has 2 aromatic carbocycles. The van der Waals surface area contributed by atoms with E-state index in [1.54, 1.807) is 0 Å². The number of benzene rings is 2. The van der Waals surface area contributed by atoms with Gasteiger partial charge in [0, 0.05) is 18.5 Å². The molecule has 0 bridgehead atoms. The zero-order chi connectivity index (χ0) is 20.6. The number of aryl methyl sites for hydroxylation is 2. The largest absolute Gasteiger partial charge is 0.453 e. The Hall–Kier alpha value is -2.95. The van der Waals surface area contributed by atoms with Gasteiger partial charge in [0.2, 0.25) is 0 Å². The Balaban J connectivity index is 1.38. The van der Waals surface area contributed by atoms with E-state index in [0.29, 0.717) is 18.5 Å². The monoisotopic (exact) mass is 393 g/mol. The van der Waals surface area contributed by atoms with E-state index < -0.39 is 12.1 Å². The van der Waals surface area contributed by atoms with Gasteiger partial charge in [-0.05, 0) is 55.4 Å². The van der Waals surface area contributed by atoms with Gasteiger partial charge in [0.25, 0.3) is 5.91 Å². The van der Waals surface area contributed by atoms with Crippen LogP contribution in [0.5, 0.6) is 0 Å². The van der Waals surface area contributed by atoms with Crippen molar-refractivity contribution in [3.05, 3.63) is 70.8 Å². The van der Waals surface area contributed by atoms with Crippen molar-refractivity contribution in [1.29, 1.82) is 0 Å². The molecule has 0 saturated heterocycles. The number of carbonyl (C=O) groups excluding carboxylic acids is 3. The lowest BCUT2D eigenvalue weighted by Gasteiger charge is -2.13. The van der Waals surface area contributed by atoms with Gasteiger partial charge in [-0.1, -0.05) is 42.5 Å². The number of nitrogens with one attached hydrogen (secondary N) is 1. The standard InChI is InChI=1S/C24H27NO4/c1-17(24(28)25-15-14-18-6-3-2-4-7-18)29-23(27)13-12-22(26)21-11-10-19-8-5-9-20(19)16-21/h2-4,6-7,10-11,16-17H,5,8-9,12-15H2,1H3,(H,25,28)/t17-/m0/s1. The molecule has 0 heterocycles. The second-order valence-corrected chi connectivity index (χ2v) is 7.42. The Morgan fingerprint density at radius 3 is 2.55 bits per heavy atom. The molecule has 0 saturated carbocycles. The number of hydrogen-bond acceptors (Lipinski definition) is 4. The highest BCUT2D eigenvalue weighted by Crippen LogP contribution is 2.23. The summed E-state index contributed by atoms with van der Waals surface area (Å²) in [6.45, 7) is 2.01. The molecule has 3 rings (SSSR count). The van der Waals surface area contributed by atoms with Crippen molar-refractivity contribution in [3.63, 3.8) is 0 Å². The molecular formula is C24H27NO4. The first-order valence-corrected chi connectivity index (χ1v) is 10.2. The van der Waals surface area contributed by atoms with Crippen LogP contribution < -0.4 is 5.32 Å². The van der Waals surface area contributed by atoms with Gasteiger partial charge in [-0.25, -0.2) is 0 Å². The molecule has 1 N–H and O–H groups in total. The fourth-order valence-electron chi connectivity index (χ4n) is 3.53. The van der Waals surface area contributed by atoms with E-state index >= 15 is 0 Å². The summed E-state index contributed by atoms with van der Waals surface area (Å²) in [6.07, 6.45) is 3.09. The molecule has 1 aliphatic carbocycles. The van der Waals surface area contributed by atoms with Gasteiger partial charge in [-0.2, -0.15) is 0 Å². The van der Waals surface area contributed by atoms with Gasteiger partial charge < -0.3 is 10.1 Å². The molecule has 1 amide bonds. The summed E-state index contributed by atoms with van der Waals surface area (Å²) in [7, 11) is 0. The Morgan fingerprint density at radius 2 is 1.76 bits per heavy atom. The number of carbonyl (C=O) groups is 3.